The second-order valence-corrected chi connectivity index (χ2v) is 7.07. The third kappa shape index (κ3) is 5.95. The van der Waals surface area contributed by atoms with E-state index in [-0.39, 0.29) is 58.9 Å². The largest absolute Gasteiger partial charge is 4.00 e. The molecule has 0 aliphatic heterocycles. The van der Waals surface area contributed by atoms with Crippen molar-refractivity contribution in [2.24, 2.45) is 0 Å². The molecule has 6 nitrogen and oxygen atoms in total. The predicted molar refractivity (Wildman–Crippen MR) is 113 cm³/mol. The summed E-state index contributed by atoms with van der Waals surface area (Å²) in [5.41, 5.74) is 10.6. The van der Waals surface area contributed by atoms with E-state index >= 15 is 0 Å². The Morgan fingerprint density at radius 3 is 0.938 bits per heavy atom. The molecule has 0 saturated carbocycles. The first-order chi connectivity index (χ1) is 13.6. The topological polar surface area (TPSA) is 86.0 Å². The van der Waals surface area contributed by atoms with Crippen LogP contribution in [0, 0.1) is 5.92 Å². The molecule has 3 rings (SSSR count). The van der Waals surface area contributed by atoms with Crippen molar-refractivity contribution in [1.29, 1.82) is 0 Å². The SMILES string of the molecule is CCc1n[nH]c(CC)c1[C-](c1c(CC)n[nH]c1CC)c1c(CC)n[nH]c1CC.[Cl-].[Cl-].[Cl-].[Ti+4]. The Balaban J connectivity index is 0. The van der Waals surface area contributed by atoms with E-state index in [1.165, 1.54) is 39.7 Å². The summed E-state index contributed by atoms with van der Waals surface area (Å²) in [5.74, 6) is 1.24. The van der Waals surface area contributed by atoms with Crippen LogP contribution in [0.4, 0.5) is 0 Å². The van der Waals surface area contributed by atoms with E-state index in [0.29, 0.717) is 0 Å². The zero-order chi connectivity index (χ0) is 20.3. The minimum atomic E-state index is 0. The number of hydrogen-bond donors (Lipinski definition) is 3. The van der Waals surface area contributed by atoms with E-state index in [2.05, 4.69) is 72.1 Å². The van der Waals surface area contributed by atoms with Gasteiger partial charge in [0.05, 0.1) is 0 Å². The number of rotatable bonds is 9. The van der Waals surface area contributed by atoms with Gasteiger partial charge in [-0.3, -0.25) is 0 Å². The van der Waals surface area contributed by atoms with E-state index < -0.39 is 0 Å². The molecule has 0 atom stereocenters. The molecule has 0 saturated heterocycles. The molecule has 0 amide bonds. The van der Waals surface area contributed by atoms with Gasteiger partial charge in [-0.05, 0) is 72.3 Å². The zero-order valence-corrected chi connectivity index (χ0v) is 23.5. The number of hydrogen-bond acceptors (Lipinski definition) is 3. The van der Waals surface area contributed by atoms with Crippen LogP contribution in [-0.2, 0) is 60.2 Å². The maximum atomic E-state index is 4.66. The second kappa shape index (κ2) is 15.1. The van der Waals surface area contributed by atoms with Gasteiger partial charge in [0.15, 0.2) is 0 Å². The zero-order valence-electron chi connectivity index (χ0n) is 19.7. The summed E-state index contributed by atoms with van der Waals surface area (Å²) in [6.07, 6.45) is 5.39. The van der Waals surface area contributed by atoms with Crippen molar-refractivity contribution in [3.63, 3.8) is 0 Å². The predicted octanol–water partition coefficient (Wildman–Crippen LogP) is -4.74. The van der Waals surface area contributed by atoms with Crippen molar-refractivity contribution >= 4 is 0 Å². The molecule has 0 spiro atoms. The second-order valence-electron chi connectivity index (χ2n) is 7.07. The number of nitrogens with zero attached hydrogens (tertiary/aromatic N) is 3. The first-order valence-corrected chi connectivity index (χ1v) is 10.7. The summed E-state index contributed by atoms with van der Waals surface area (Å²) in [6, 6.07) is 0. The van der Waals surface area contributed by atoms with Gasteiger partial charge in [0, 0.05) is 17.1 Å². The normalized spacial score (nSPS) is 9.94. The standard InChI is InChI=1S/C22H33N6.3ClH.Ti/c1-7-13-19(14(8-2)24-23-13)22(20-15(9-3)25-26-16(20)10-4)21-17(11-5)27-28-18(21)12-6;;;;/h7-12H2,1-6H3,(H,23,24)(H,25,26)(H,27,28);3*1H;/q-1;;;;+4/p-3. The van der Waals surface area contributed by atoms with E-state index in [4.69, 9.17) is 0 Å². The minimum Gasteiger partial charge on any atom is -1.00 e. The fourth-order valence-electron chi connectivity index (χ4n) is 4.06. The molecule has 3 N–H and O–H groups in total. The summed E-state index contributed by atoms with van der Waals surface area (Å²) < 4.78 is 0. The van der Waals surface area contributed by atoms with Gasteiger partial charge in [-0.2, -0.15) is 0 Å². The van der Waals surface area contributed by atoms with Gasteiger partial charge in [-0.25, -0.2) is 15.3 Å². The van der Waals surface area contributed by atoms with Gasteiger partial charge in [-0.15, -0.1) is 0 Å². The number of aromatic nitrogens is 6. The first kappa shape index (κ1) is 33.3. The average Bonchev–Trinajstić information content (AvgIpc) is 3.44. The molecule has 176 valence electrons. The molecule has 3 aromatic rings. The fourth-order valence-corrected chi connectivity index (χ4v) is 4.06. The Morgan fingerprint density at radius 1 is 0.500 bits per heavy atom. The number of halogens is 3. The maximum Gasteiger partial charge on any atom is 4.00 e. The quantitative estimate of drug-likeness (QED) is 0.190. The summed E-state index contributed by atoms with van der Waals surface area (Å²) in [6.45, 7) is 13.1. The monoisotopic (exact) mass is 534 g/mol. The van der Waals surface area contributed by atoms with E-state index in [1.54, 1.807) is 0 Å². The van der Waals surface area contributed by atoms with Crippen LogP contribution in [0.3, 0.4) is 0 Å². The van der Waals surface area contributed by atoms with Crippen LogP contribution in [0.25, 0.3) is 0 Å². The van der Waals surface area contributed by atoms with Crippen LogP contribution in [0.2, 0.25) is 0 Å². The Hall–Kier alpha value is -0.916. The van der Waals surface area contributed by atoms with Crippen LogP contribution < -0.4 is 37.2 Å². The molecule has 0 radical (unpaired) electrons. The van der Waals surface area contributed by atoms with Gasteiger partial charge in [0.1, 0.15) is 0 Å². The molecular weight excluding hydrogens is 503 g/mol. The summed E-state index contributed by atoms with van der Waals surface area (Å²) >= 11 is 0. The van der Waals surface area contributed by atoms with Crippen molar-refractivity contribution in [3.05, 3.63) is 56.8 Å². The molecule has 10 heteroatoms. The van der Waals surface area contributed by atoms with Crippen LogP contribution in [-0.4, -0.2) is 30.6 Å². The molecule has 0 aliphatic rings. The molecular formula is C22H33Cl3N6Ti. The number of H-pyrrole nitrogens is 3. The van der Waals surface area contributed by atoms with E-state index in [9.17, 15) is 0 Å². The maximum absolute atomic E-state index is 4.66. The number of nitrogens with one attached hydrogen (secondary N) is 3. The molecule has 0 bridgehead atoms. The van der Waals surface area contributed by atoms with Crippen molar-refractivity contribution in [2.45, 2.75) is 80.1 Å². The Bertz CT molecular complexity index is 750. The molecule has 0 unspecified atom stereocenters. The van der Waals surface area contributed by atoms with Gasteiger partial charge < -0.3 is 52.5 Å². The summed E-state index contributed by atoms with van der Waals surface area (Å²) in [4.78, 5) is 0. The molecule has 3 aromatic heterocycles. The van der Waals surface area contributed by atoms with Gasteiger partial charge in [-0.1, -0.05) is 47.5 Å². The number of aryl methyl sites for hydroxylation is 6. The van der Waals surface area contributed by atoms with Gasteiger partial charge in [0.2, 0.25) is 0 Å². The van der Waals surface area contributed by atoms with E-state index in [0.717, 1.165) is 55.6 Å². The van der Waals surface area contributed by atoms with Gasteiger partial charge >= 0.3 is 21.7 Å². The van der Waals surface area contributed by atoms with E-state index in [1.807, 2.05) is 0 Å². The molecule has 0 aromatic carbocycles. The van der Waals surface area contributed by atoms with Gasteiger partial charge in [0.25, 0.3) is 0 Å². The van der Waals surface area contributed by atoms with Crippen molar-refractivity contribution in [3.8, 4) is 0 Å². The van der Waals surface area contributed by atoms with Crippen molar-refractivity contribution < 1.29 is 58.9 Å². The average molecular weight is 536 g/mol. The Kier molecular flexibility index (Phi) is 15.7. The van der Waals surface area contributed by atoms with Crippen LogP contribution >= 0.6 is 0 Å². The Labute approximate surface area is 225 Å². The Morgan fingerprint density at radius 2 is 0.750 bits per heavy atom. The first-order valence-electron chi connectivity index (χ1n) is 10.7. The molecule has 3 heterocycles. The number of aromatic amines is 3. The third-order valence-corrected chi connectivity index (χ3v) is 5.56. The molecule has 32 heavy (non-hydrogen) atoms. The van der Waals surface area contributed by atoms with Crippen LogP contribution in [0.5, 0.6) is 0 Å². The van der Waals surface area contributed by atoms with Crippen LogP contribution in [0.1, 0.15) is 92.4 Å². The minimum absolute atomic E-state index is 0. The summed E-state index contributed by atoms with van der Waals surface area (Å²) in [7, 11) is 0. The fraction of sp³-hybridized carbons (Fsp3) is 0.545. The molecule has 0 fully saturated rings. The van der Waals surface area contributed by atoms with Crippen LogP contribution in [0.15, 0.2) is 0 Å². The van der Waals surface area contributed by atoms with Crippen molar-refractivity contribution in [2.75, 3.05) is 0 Å². The smallest absolute Gasteiger partial charge is 1.00 e. The van der Waals surface area contributed by atoms with Crippen molar-refractivity contribution in [1.82, 2.24) is 30.6 Å². The third-order valence-electron chi connectivity index (χ3n) is 5.56. The summed E-state index contributed by atoms with van der Waals surface area (Å²) in [5, 5.41) is 23.9. The molecule has 0 aliphatic carbocycles.